The van der Waals surface area contributed by atoms with Crippen LogP contribution in [-0.4, -0.2) is 27.5 Å². The van der Waals surface area contributed by atoms with Gasteiger partial charge in [0.05, 0.1) is 17.8 Å². The summed E-state index contributed by atoms with van der Waals surface area (Å²) in [5.74, 6) is -0.299. The second-order valence-corrected chi connectivity index (χ2v) is 5.77. The number of hydrogen-bond donors (Lipinski definition) is 2. The summed E-state index contributed by atoms with van der Waals surface area (Å²) >= 11 is 0. The van der Waals surface area contributed by atoms with Gasteiger partial charge in [-0.25, -0.2) is 9.59 Å². The number of carbonyl (C=O) groups is 1. The van der Waals surface area contributed by atoms with E-state index in [2.05, 4.69) is 4.98 Å². The molecule has 0 saturated carbocycles. The van der Waals surface area contributed by atoms with Crippen LogP contribution in [0.4, 0.5) is 5.69 Å². The van der Waals surface area contributed by atoms with Crippen molar-refractivity contribution in [2.45, 2.75) is 6.92 Å². The highest BCUT2D eigenvalue weighted by atomic mass is 16.6. The van der Waals surface area contributed by atoms with Gasteiger partial charge in [-0.3, -0.25) is 19.9 Å². The predicted octanol–water partition coefficient (Wildman–Crippen LogP) is 2.35. The van der Waals surface area contributed by atoms with Gasteiger partial charge < -0.3 is 18.9 Å². The van der Waals surface area contributed by atoms with Gasteiger partial charge >= 0.3 is 22.9 Å². The lowest BCUT2D eigenvalue weighted by molar-refractivity contribution is -0.386. The third-order valence-corrected chi connectivity index (χ3v) is 3.76. The van der Waals surface area contributed by atoms with Gasteiger partial charge in [0.2, 0.25) is 5.76 Å². The van der Waals surface area contributed by atoms with Gasteiger partial charge in [0.15, 0.2) is 11.5 Å². The van der Waals surface area contributed by atoms with E-state index >= 15 is 0 Å². The predicted molar refractivity (Wildman–Crippen MR) is 105 cm³/mol. The molecule has 2 heterocycles. The van der Waals surface area contributed by atoms with Crippen molar-refractivity contribution in [3.05, 3.63) is 84.6 Å². The highest BCUT2D eigenvalue weighted by molar-refractivity contribution is 5.88. The standard InChI is InChI=1S/C19H15N3O8/c1-2-28-15-10-11(6-8-13(15)30-18(24)14-4-3-9-29-14)5-7-12-16(22(26)27)17(23)21-19(25)20-12/h3-10H,2H2,1H3,(H2,20,21,23,25)/b7-5+. The molecule has 0 amide bonds. The van der Waals surface area contributed by atoms with Gasteiger partial charge in [-0.05, 0) is 42.8 Å². The van der Waals surface area contributed by atoms with Crippen LogP contribution in [-0.2, 0) is 0 Å². The average molecular weight is 413 g/mol. The summed E-state index contributed by atoms with van der Waals surface area (Å²) in [6.07, 6.45) is 3.98. The van der Waals surface area contributed by atoms with E-state index in [0.29, 0.717) is 5.56 Å². The van der Waals surface area contributed by atoms with Crippen molar-refractivity contribution in [1.29, 1.82) is 0 Å². The van der Waals surface area contributed by atoms with Gasteiger partial charge in [-0.15, -0.1) is 0 Å². The largest absolute Gasteiger partial charge is 0.490 e. The van der Waals surface area contributed by atoms with E-state index in [1.807, 2.05) is 0 Å². The van der Waals surface area contributed by atoms with E-state index < -0.39 is 27.8 Å². The quantitative estimate of drug-likeness (QED) is 0.258. The van der Waals surface area contributed by atoms with Crippen molar-refractivity contribution >= 4 is 23.8 Å². The van der Waals surface area contributed by atoms with E-state index in [9.17, 15) is 24.5 Å². The van der Waals surface area contributed by atoms with Crippen LogP contribution in [0.1, 0.15) is 28.7 Å². The molecule has 0 bridgehead atoms. The number of nitro groups is 1. The van der Waals surface area contributed by atoms with Crippen molar-refractivity contribution < 1.29 is 23.6 Å². The topological polar surface area (TPSA) is 158 Å². The Bertz CT molecular complexity index is 1220. The second kappa shape index (κ2) is 8.73. The number of rotatable bonds is 7. The van der Waals surface area contributed by atoms with Crippen molar-refractivity contribution in [3.63, 3.8) is 0 Å². The van der Waals surface area contributed by atoms with Crippen molar-refractivity contribution in [1.82, 2.24) is 9.97 Å². The molecule has 1 aromatic carbocycles. The van der Waals surface area contributed by atoms with Crippen LogP contribution in [0.5, 0.6) is 11.5 Å². The molecule has 154 valence electrons. The molecule has 0 aliphatic rings. The molecule has 2 N–H and O–H groups in total. The number of furan rings is 1. The lowest BCUT2D eigenvalue weighted by Gasteiger charge is -2.10. The van der Waals surface area contributed by atoms with Crippen molar-refractivity contribution in [2.75, 3.05) is 6.61 Å². The molecule has 3 aromatic rings. The first-order chi connectivity index (χ1) is 14.4. The number of hydrogen-bond acceptors (Lipinski definition) is 8. The lowest BCUT2D eigenvalue weighted by atomic mass is 10.1. The van der Waals surface area contributed by atoms with E-state index in [1.54, 1.807) is 24.0 Å². The van der Waals surface area contributed by atoms with Gasteiger partial charge in [0.1, 0.15) is 5.69 Å². The Hall–Kier alpha value is -4.41. The summed E-state index contributed by atoms with van der Waals surface area (Å²) in [6, 6.07) is 7.56. The minimum absolute atomic E-state index is 0.0204. The van der Waals surface area contributed by atoms with Crippen LogP contribution in [0.2, 0.25) is 0 Å². The molecular weight excluding hydrogens is 398 g/mol. The Morgan fingerprint density at radius 1 is 1.20 bits per heavy atom. The minimum atomic E-state index is -1.11. The van der Waals surface area contributed by atoms with Crippen LogP contribution >= 0.6 is 0 Å². The normalized spacial score (nSPS) is 10.8. The average Bonchev–Trinajstić information content (AvgIpc) is 3.22. The van der Waals surface area contributed by atoms with E-state index in [-0.39, 0.29) is 29.6 Å². The van der Waals surface area contributed by atoms with Crippen LogP contribution in [0, 0.1) is 10.1 Å². The maximum Gasteiger partial charge on any atom is 0.379 e. The van der Waals surface area contributed by atoms with Crippen LogP contribution in [0.3, 0.4) is 0 Å². The molecule has 0 fully saturated rings. The van der Waals surface area contributed by atoms with Gasteiger partial charge in [0.25, 0.3) is 0 Å². The maximum absolute atomic E-state index is 12.1. The fourth-order valence-electron chi connectivity index (χ4n) is 2.50. The Morgan fingerprint density at radius 2 is 2.00 bits per heavy atom. The molecule has 0 unspecified atom stereocenters. The Balaban J connectivity index is 1.92. The van der Waals surface area contributed by atoms with E-state index in [0.717, 1.165) is 0 Å². The summed E-state index contributed by atoms with van der Waals surface area (Å²) < 4.78 is 15.8. The fourth-order valence-corrected chi connectivity index (χ4v) is 2.50. The highest BCUT2D eigenvalue weighted by Gasteiger charge is 2.19. The molecule has 0 saturated heterocycles. The number of benzene rings is 1. The maximum atomic E-state index is 12.1. The number of aromatic amines is 2. The molecule has 0 aliphatic carbocycles. The van der Waals surface area contributed by atoms with E-state index in [1.165, 1.54) is 36.6 Å². The number of aromatic nitrogens is 2. The molecule has 30 heavy (non-hydrogen) atoms. The van der Waals surface area contributed by atoms with Crippen LogP contribution in [0.25, 0.3) is 12.2 Å². The molecule has 0 radical (unpaired) electrons. The van der Waals surface area contributed by atoms with Gasteiger partial charge in [-0.2, -0.15) is 0 Å². The fraction of sp³-hybridized carbons (Fsp3) is 0.105. The zero-order chi connectivity index (χ0) is 21.7. The molecule has 0 aliphatic heterocycles. The third kappa shape index (κ3) is 4.52. The SMILES string of the molecule is CCOc1cc(/C=C/c2[nH]c(=O)[nH]c(=O)c2[N+](=O)[O-])ccc1OC(=O)c1ccco1. The number of H-pyrrole nitrogens is 2. The van der Waals surface area contributed by atoms with Crippen LogP contribution < -0.4 is 20.7 Å². The minimum Gasteiger partial charge on any atom is -0.490 e. The van der Waals surface area contributed by atoms with Gasteiger partial charge in [0, 0.05) is 0 Å². The summed E-state index contributed by atoms with van der Waals surface area (Å²) in [4.78, 5) is 49.4. The van der Waals surface area contributed by atoms with Crippen molar-refractivity contribution in [3.8, 4) is 11.5 Å². The second-order valence-electron chi connectivity index (χ2n) is 5.77. The smallest absolute Gasteiger partial charge is 0.379 e. The first kappa shape index (κ1) is 20.3. The number of carbonyl (C=O) groups excluding carboxylic acids is 1. The monoisotopic (exact) mass is 413 g/mol. The molecule has 2 aromatic heterocycles. The molecular formula is C19H15N3O8. The number of nitrogens with one attached hydrogen (secondary N) is 2. The number of esters is 1. The summed E-state index contributed by atoms with van der Waals surface area (Å²) in [5, 5.41) is 11.1. The van der Waals surface area contributed by atoms with Gasteiger partial charge in [-0.1, -0.05) is 12.1 Å². The Labute approximate surface area is 167 Å². The summed E-state index contributed by atoms with van der Waals surface area (Å²) in [7, 11) is 0. The molecule has 11 nitrogen and oxygen atoms in total. The zero-order valence-corrected chi connectivity index (χ0v) is 15.5. The third-order valence-electron chi connectivity index (χ3n) is 3.76. The summed E-state index contributed by atoms with van der Waals surface area (Å²) in [5.41, 5.74) is -2.54. The first-order valence-electron chi connectivity index (χ1n) is 8.60. The van der Waals surface area contributed by atoms with Crippen LogP contribution in [0.15, 0.2) is 50.6 Å². The Kier molecular flexibility index (Phi) is 5.92. The first-order valence-corrected chi connectivity index (χ1v) is 8.60. The Morgan fingerprint density at radius 3 is 2.67 bits per heavy atom. The highest BCUT2D eigenvalue weighted by Crippen LogP contribution is 2.30. The van der Waals surface area contributed by atoms with Crippen molar-refractivity contribution in [2.24, 2.45) is 0 Å². The zero-order valence-electron chi connectivity index (χ0n) is 15.5. The molecule has 11 heteroatoms. The number of ether oxygens (including phenoxy) is 2. The lowest BCUT2D eigenvalue weighted by Crippen LogP contribution is -2.25. The number of nitrogens with zero attached hydrogens (tertiary/aromatic N) is 1. The van der Waals surface area contributed by atoms with E-state index in [4.69, 9.17) is 13.9 Å². The molecule has 3 rings (SSSR count). The molecule has 0 atom stereocenters. The molecule has 0 spiro atoms. The summed E-state index contributed by atoms with van der Waals surface area (Å²) in [6.45, 7) is 2.02.